The van der Waals surface area contributed by atoms with Crippen molar-refractivity contribution in [1.29, 1.82) is 0 Å². The summed E-state index contributed by atoms with van der Waals surface area (Å²) < 4.78 is 4.81. The van der Waals surface area contributed by atoms with Gasteiger partial charge in [-0.3, -0.25) is 4.79 Å². The highest BCUT2D eigenvalue weighted by Gasteiger charge is 2.47. The molecule has 1 aliphatic heterocycles. The lowest BCUT2D eigenvalue weighted by atomic mass is 9.66. The van der Waals surface area contributed by atoms with Crippen LogP contribution in [0.4, 0.5) is 0 Å². The van der Waals surface area contributed by atoms with Crippen LogP contribution < -0.4 is 0 Å². The molecule has 2 fully saturated rings. The molecule has 4 heteroatoms. The Morgan fingerprint density at radius 1 is 1.21 bits per heavy atom. The smallest absolute Gasteiger partial charge is 0.337 e. The SMILES string of the molecule is COC(=O)c1ccc2c(c1)CC[C@]1(CCCN(C3CCC3)C1=O)C2. The number of hydrogen-bond donors (Lipinski definition) is 0. The lowest BCUT2D eigenvalue weighted by molar-refractivity contribution is -0.152. The summed E-state index contributed by atoms with van der Waals surface area (Å²) in [4.78, 5) is 27.1. The van der Waals surface area contributed by atoms with E-state index in [-0.39, 0.29) is 11.4 Å². The van der Waals surface area contributed by atoms with Crippen LogP contribution in [0.15, 0.2) is 18.2 Å². The first kappa shape index (κ1) is 15.7. The molecule has 4 nitrogen and oxygen atoms in total. The molecule has 0 radical (unpaired) electrons. The standard InChI is InChI=1S/C20H25NO3/c1-24-18(22)15-6-7-16-13-20(10-8-14(16)12-15)9-3-11-21(19(20)23)17-4-2-5-17/h6-7,12,17H,2-5,8-11,13H2,1H3/t20-/m1/s1. The van der Waals surface area contributed by atoms with Gasteiger partial charge in [0.05, 0.1) is 18.1 Å². The van der Waals surface area contributed by atoms with Crippen molar-refractivity contribution in [2.24, 2.45) is 5.41 Å². The van der Waals surface area contributed by atoms with Crippen LogP contribution >= 0.6 is 0 Å². The van der Waals surface area contributed by atoms with Crippen LogP contribution in [0.5, 0.6) is 0 Å². The summed E-state index contributed by atoms with van der Waals surface area (Å²) in [6.45, 7) is 0.944. The topological polar surface area (TPSA) is 46.6 Å². The van der Waals surface area contributed by atoms with E-state index >= 15 is 0 Å². The second-order valence-corrected chi connectivity index (χ2v) is 7.62. The molecular formula is C20H25NO3. The van der Waals surface area contributed by atoms with Crippen LogP contribution in [0.25, 0.3) is 0 Å². The fourth-order valence-corrected chi connectivity index (χ4v) is 4.65. The molecule has 0 aromatic heterocycles. The maximum Gasteiger partial charge on any atom is 0.337 e. The van der Waals surface area contributed by atoms with Crippen molar-refractivity contribution in [3.63, 3.8) is 0 Å². The second-order valence-electron chi connectivity index (χ2n) is 7.62. The van der Waals surface area contributed by atoms with E-state index in [1.165, 1.54) is 37.5 Å². The summed E-state index contributed by atoms with van der Waals surface area (Å²) in [6, 6.07) is 6.31. The van der Waals surface area contributed by atoms with E-state index in [0.29, 0.717) is 17.5 Å². The van der Waals surface area contributed by atoms with Crippen LogP contribution in [-0.4, -0.2) is 36.5 Å². The molecule has 1 atom stereocenters. The molecule has 1 saturated carbocycles. The number of nitrogens with zero attached hydrogens (tertiary/aromatic N) is 1. The normalized spacial score (nSPS) is 26.9. The zero-order chi connectivity index (χ0) is 16.7. The summed E-state index contributed by atoms with van der Waals surface area (Å²) in [5.41, 5.74) is 2.85. The van der Waals surface area contributed by atoms with Gasteiger partial charge < -0.3 is 9.64 Å². The zero-order valence-electron chi connectivity index (χ0n) is 14.3. The number of fused-ring (bicyclic) bond motifs is 1. The first-order valence-corrected chi connectivity index (χ1v) is 9.14. The van der Waals surface area contributed by atoms with Crippen LogP contribution in [0.1, 0.15) is 60.0 Å². The van der Waals surface area contributed by atoms with Crippen molar-refractivity contribution in [1.82, 2.24) is 4.90 Å². The van der Waals surface area contributed by atoms with Crippen LogP contribution in [-0.2, 0) is 22.4 Å². The lowest BCUT2D eigenvalue weighted by Crippen LogP contribution is -2.56. The number of esters is 1. The monoisotopic (exact) mass is 327 g/mol. The van der Waals surface area contributed by atoms with Crippen molar-refractivity contribution in [2.75, 3.05) is 13.7 Å². The van der Waals surface area contributed by atoms with Gasteiger partial charge >= 0.3 is 5.97 Å². The molecule has 0 N–H and O–H groups in total. The molecule has 0 bridgehead atoms. The van der Waals surface area contributed by atoms with E-state index < -0.39 is 0 Å². The predicted octanol–water partition coefficient (Wildman–Crippen LogP) is 3.12. The van der Waals surface area contributed by atoms with Crippen molar-refractivity contribution in [3.05, 3.63) is 34.9 Å². The molecule has 1 amide bonds. The fourth-order valence-electron chi connectivity index (χ4n) is 4.65. The molecule has 1 spiro atoms. The van der Waals surface area contributed by atoms with Gasteiger partial charge in [-0.2, -0.15) is 0 Å². The number of benzene rings is 1. The van der Waals surface area contributed by atoms with Gasteiger partial charge in [0.2, 0.25) is 5.91 Å². The molecule has 1 saturated heterocycles. The Balaban J connectivity index is 1.58. The quantitative estimate of drug-likeness (QED) is 0.784. The molecule has 1 aromatic rings. The van der Waals surface area contributed by atoms with Gasteiger partial charge in [0, 0.05) is 12.6 Å². The van der Waals surface area contributed by atoms with Crippen molar-refractivity contribution >= 4 is 11.9 Å². The second kappa shape index (κ2) is 5.91. The number of methoxy groups -OCH3 is 1. The molecule has 3 aliphatic rings. The van der Waals surface area contributed by atoms with Gasteiger partial charge in [-0.25, -0.2) is 4.79 Å². The summed E-state index contributed by atoms with van der Waals surface area (Å²) in [6.07, 6.45) is 8.37. The van der Waals surface area contributed by atoms with Crippen molar-refractivity contribution in [2.45, 2.75) is 57.4 Å². The van der Waals surface area contributed by atoms with E-state index in [1.54, 1.807) is 0 Å². The number of piperidine rings is 1. The average molecular weight is 327 g/mol. The van der Waals surface area contributed by atoms with E-state index in [4.69, 9.17) is 4.74 Å². The molecule has 1 aromatic carbocycles. The first-order chi connectivity index (χ1) is 11.6. The lowest BCUT2D eigenvalue weighted by Gasteiger charge is -2.49. The zero-order valence-corrected chi connectivity index (χ0v) is 14.3. The molecule has 1 heterocycles. The largest absolute Gasteiger partial charge is 0.465 e. The van der Waals surface area contributed by atoms with E-state index in [0.717, 1.165) is 38.6 Å². The number of carbonyl (C=O) groups is 2. The maximum absolute atomic E-state index is 13.2. The number of ether oxygens (including phenoxy) is 1. The minimum atomic E-state index is -0.289. The van der Waals surface area contributed by atoms with Crippen molar-refractivity contribution in [3.8, 4) is 0 Å². The molecule has 4 rings (SSSR count). The number of aryl methyl sites for hydroxylation is 1. The Morgan fingerprint density at radius 2 is 2.04 bits per heavy atom. The average Bonchev–Trinajstić information content (AvgIpc) is 2.56. The van der Waals surface area contributed by atoms with Crippen molar-refractivity contribution < 1.29 is 14.3 Å². The highest BCUT2D eigenvalue weighted by molar-refractivity contribution is 5.90. The van der Waals surface area contributed by atoms with Crippen LogP contribution in [0.3, 0.4) is 0 Å². The number of amides is 1. The Bertz CT molecular complexity index is 679. The Kier molecular flexibility index (Phi) is 3.86. The van der Waals surface area contributed by atoms with Gasteiger partial charge in [-0.05, 0) is 74.6 Å². The predicted molar refractivity (Wildman–Crippen MR) is 90.8 cm³/mol. The Labute approximate surface area is 143 Å². The molecular weight excluding hydrogens is 302 g/mol. The third-order valence-electron chi connectivity index (χ3n) is 6.31. The van der Waals surface area contributed by atoms with Gasteiger partial charge in [-0.1, -0.05) is 6.07 Å². The third kappa shape index (κ3) is 2.43. The first-order valence-electron chi connectivity index (χ1n) is 9.14. The summed E-state index contributed by atoms with van der Waals surface area (Å²) in [5.74, 6) is 0.101. The van der Waals surface area contributed by atoms with Gasteiger partial charge in [0.15, 0.2) is 0 Å². The van der Waals surface area contributed by atoms with E-state index in [1.807, 2.05) is 18.2 Å². The van der Waals surface area contributed by atoms with Gasteiger partial charge in [0.25, 0.3) is 0 Å². The number of hydrogen-bond acceptors (Lipinski definition) is 3. The van der Waals surface area contributed by atoms with E-state index in [9.17, 15) is 9.59 Å². The number of rotatable bonds is 2. The highest BCUT2D eigenvalue weighted by atomic mass is 16.5. The summed E-state index contributed by atoms with van der Waals surface area (Å²) in [5, 5.41) is 0. The minimum absolute atomic E-state index is 0.201. The highest BCUT2D eigenvalue weighted by Crippen LogP contribution is 2.45. The number of likely N-dealkylation sites (tertiary alicyclic amines) is 1. The fraction of sp³-hybridized carbons (Fsp3) is 0.600. The molecule has 128 valence electrons. The van der Waals surface area contributed by atoms with E-state index in [2.05, 4.69) is 4.90 Å². The Hall–Kier alpha value is -1.84. The third-order valence-corrected chi connectivity index (χ3v) is 6.31. The Morgan fingerprint density at radius 3 is 2.75 bits per heavy atom. The molecule has 24 heavy (non-hydrogen) atoms. The van der Waals surface area contributed by atoms with Gasteiger partial charge in [-0.15, -0.1) is 0 Å². The minimum Gasteiger partial charge on any atom is -0.465 e. The molecule has 2 aliphatic carbocycles. The molecule has 0 unspecified atom stereocenters. The number of carbonyl (C=O) groups excluding carboxylic acids is 2. The van der Waals surface area contributed by atoms with Crippen LogP contribution in [0.2, 0.25) is 0 Å². The summed E-state index contributed by atoms with van der Waals surface area (Å²) in [7, 11) is 1.41. The maximum atomic E-state index is 13.2. The van der Waals surface area contributed by atoms with Crippen LogP contribution in [0, 0.1) is 5.41 Å². The van der Waals surface area contributed by atoms with Gasteiger partial charge in [0.1, 0.15) is 0 Å². The summed E-state index contributed by atoms with van der Waals surface area (Å²) >= 11 is 0.